The molecule has 20 heteroatoms. The van der Waals surface area contributed by atoms with E-state index < -0.39 is 11.6 Å². The van der Waals surface area contributed by atoms with E-state index in [-0.39, 0.29) is 78.1 Å². The average Bonchev–Trinajstić information content (AvgIpc) is 3.18. The number of hydrogen-bond acceptors (Lipinski definition) is 15. The number of halogens is 2. The Kier molecular flexibility index (Phi) is 16.7. The Hall–Kier alpha value is -6.28. The number of fused-ring (bicyclic) bond motifs is 3. The van der Waals surface area contributed by atoms with Crippen molar-refractivity contribution in [2.45, 2.75) is 47.3 Å². The molecule has 0 fully saturated rings. The van der Waals surface area contributed by atoms with Crippen LogP contribution >= 0.6 is 0 Å². The topological polar surface area (TPSA) is 207 Å². The highest BCUT2D eigenvalue weighted by Crippen LogP contribution is 2.20. The predicted molar refractivity (Wildman–Crippen MR) is 206 cm³/mol. The lowest BCUT2D eigenvalue weighted by molar-refractivity contribution is -0.109. The minimum Gasteiger partial charge on any atom is -0.475 e. The normalized spacial score (nSPS) is 11.7. The van der Waals surface area contributed by atoms with Crippen LogP contribution in [0.4, 0.5) is 8.78 Å². The lowest BCUT2D eigenvalue weighted by Crippen LogP contribution is -2.20. The Labute approximate surface area is 325 Å². The summed E-state index contributed by atoms with van der Waals surface area (Å²) in [7, 11) is 4.69. The average molecular weight is 798 g/mol. The Morgan fingerprint density at radius 3 is 1.53 bits per heavy atom. The first-order valence-electron chi connectivity index (χ1n) is 17.2. The smallest absolute Gasteiger partial charge is 0.270 e. The number of aromatic nitrogens is 9. The summed E-state index contributed by atoms with van der Waals surface area (Å²) in [4.78, 5) is 68.2. The van der Waals surface area contributed by atoms with E-state index in [2.05, 4.69) is 29.9 Å². The molecule has 0 spiro atoms. The van der Waals surface area contributed by atoms with Gasteiger partial charge in [0.15, 0.2) is 34.9 Å². The van der Waals surface area contributed by atoms with Crippen LogP contribution in [0.2, 0.25) is 0 Å². The van der Waals surface area contributed by atoms with Gasteiger partial charge in [-0.05, 0) is 33.8 Å². The van der Waals surface area contributed by atoms with E-state index in [9.17, 15) is 28.0 Å². The Balaban J connectivity index is 0.000000228. The van der Waals surface area contributed by atoms with Gasteiger partial charge in [0.1, 0.15) is 36.4 Å². The zero-order chi connectivity index (χ0) is 40.9. The van der Waals surface area contributed by atoms with Gasteiger partial charge in [0, 0.05) is 52.6 Å². The minimum atomic E-state index is -0.731. The Morgan fingerprint density at radius 1 is 0.649 bits per heavy atom. The number of ether oxygens (including phenoxy) is 5. The molecule has 0 radical (unpaired) electrons. The monoisotopic (exact) mass is 797 g/mol. The van der Waals surface area contributed by atoms with Crippen molar-refractivity contribution in [2.24, 2.45) is 21.1 Å². The molecular formula is C37H45F2N9O9. The molecule has 0 aromatic carbocycles. The Morgan fingerprint density at radius 2 is 1.07 bits per heavy atom. The molecule has 57 heavy (non-hydrogen) atoms. The fourth-order valence-electron chi connectivity index (χ4n) is 4.77. The van der Waals surface area contributed by atoms with Crippen molar-refractivity contribution in [2.75, 3.05) is 33.0 Å². The molecule has 0 amide bonds. The first-order valence-corrected chi connectivity index (χ1v) is 17.2. The second-order valence-electron chi connectivity index (χ2n) is 11.8. The van der Waals surface area contributed by atoms with Gasteiger partial charge in [-0.1, -0.05) is 7.43 Å². The summed E-state index contributed by atoms with van der Waals surface area (Å²) in [6.45, 7) is 9.05. The van der Waals surface area contributed by atoms with Crippen LogP contribution in [0, 0.1) is 11.6 Å². The van der Waals surface area contributed by atoms with Crippen LogP contribution in [0.25, 0.3) is 33.5 Å². The van der Waals surface area contributed by atoms with Crippen molar-refractivity contribution in [1.82, 2.24) is 43.6 Å². The molecule has 0 saturated carbocycles. The fourth-order valence-corrected chi connectivity index (χ4v) is 4.77. The molecule has 0 bridgehead atoms. The molecule has 6 aromatic heterocycles. The van der Waals surface area contributed by atoms with Gasteiger partial charge in [-0.2, -0.15) is 15.0 Å². The first kappa shape index (κ1) is 45.1. The zero-order valence-corrected chi connectivity index (χ0v) is 31.8. The van der Waals surface area contributed by atoms with Crippen molar-refractivity contribution in [3.63, 3.8) is 0 Å². The third kappa shape index (κ3) is 11.9. The highest BCUT2D eigenvalue weighted by atomic mass is 19.1. The summed E-state index contributed by atoms with van der Waals surface area (Å²) in [6, 6.07) is 5.81. The molecule has 0 aliphatic heterocycles. The number of rotatable bonds is 13. The van der Waals surface area contributed by atoms with Crippen LogP contribution in [0.15, 0.2) is 57.2 Å². The maximum atomic E-state index is 13.8. The predicted octanol–water partition coefficient (Wildman–Crippen LogP) is 3.09. The zero-order valence-electron chi connectivity index (χ0n) is 31.8. The number of aldehydes is 1. The van der Waals surface area contributed by atoms with Crippen LogP contribution in [0.3, 0.4) is 0 Å². The molecule has 6 heterocycles. The van der Waals surface area contributed by atoms with E-state index in [1.165, 1.54) is 33.0 Å². The number of pyridine rings is 3. The van der Waals surface area contributed by atoms with Crippen molar-refractivity contribution in [3.05, 3.63) is 85.6 Å². The van der Waals surface area contributed by atoms with E-state index in [4.69, 9.17) is 23.7 Å². The van der Waals surface area contributed by atoms with Gasteiger partial charge in [0.25, 0.3) is 28.4 Å². The van der Waals surface area contributed by atoms with E-state index in [0.29, 0.717) is 48.7 Å². The van der Waals surface area contributed by atoms with Gasteiger partial charge in [-0.3, -0.25) is 32.9 Å². The van der Waals surface area contributed by atoms with E-state index in [0.717, 1.165) is 18.5 Å². The van der Waals surface area contributed by atoms with Gasteiger partial charge in [-0.25, -0.2) is 23.7 Å². The molecule has 2 unspecified atom stereocenters. The Bertz CT molecular complexity index is 2480. The number of nitrogens with zero attached hydrogens (tertiary/aromatic N) is 9. The summed E-state index contributed by atoms with van der Waals surface area (Å²) in [5, 5.41) is 0. The highest BCUT2D eigenvalue weighted by Gasteiger charge is 2.14. The van der Waals surface area contributed by atoms with Crippen LogP contribution in [0.5, 0.6) is 17.6 Å². The van der Waals surface area contributed by atoms with Crippen molar-refractivity contribution >= 4 is 39.8 Å². The molecule has 2 atom stereocenters. The van der Waals surface area contributed by atoms with Crippen molar-refractivity contribution in [3.8, 4) is 17.6 Å². The van der Waals surface area contributed by atoms with Crippen LogP contribution < -0.4 is 30.9 Å². The largest absolute Gasteiger partial charge is 0.475 e. The number of aryl methyl sites for hydroxylation is 3. The van der Waals surface area contributed by atoms with Gasteiger partial charge in [0.05, 0.1) is 30.8 Å². The molecule has 0 N–H and O–H groups in total. The first-order chi connectivity index (χ1) is 26.8. The number of carbonyl (C=O) groups is 1. The summed E-state index contributed by atoms with van der Waals surface area (Å²) >= 11 is 0. The van der Waals surface area contributed by atoms with Crippen LogP contribution in [0.1, 0.15) is 35.1 Å². The van der Waals surface area contributed by atoms with Gasteiger partial charge < -0.3 is 23.7 Å². The van der Waals surface area contributed by atoms with Crippen molar-refractivity contribution in [1.29, 1.82) is 0 Å². The molecule has 6 aromatic rings. The van der Waals surface area contributed by atoms with Gasteiger partial charge in [-0.15, -0.1) is 0 Å². The third-order valence-corrected chi connectivity index (χ3v) is 7.64. The second-order valence-corrected chi connectivity index (χ2v) is 11.8. The standard InChI is InChI=1S/C13H16FN3O3.C13H17N3O3.C10H8FN3O3.CH4/c1-4-19-8(2)7-20-13-9(14)5-10-12(16-13)17(3)11(18)6-15-10;1-4-18-9(2)8-19-11-6-5-10-13(15-11)16(3)12(17)7-14-10;1-14-8(16)5-12-7-4-6(11)10(13-9(7)14)17-3-2-15;/h5-6,8H,4,7H2,1-3H3;5-7,9H,4,8H2,1-3H3;2,4-5H,3H2,1H3;1H4. The van der Waals surface area contributed by atoms with Gasteiger partial charge in [0.2, 0.25) is 5.88 Å². The lowest BCUT2D eigenvalue weighted by Gasteiger charge is -2.13. The summed E-state index contributed by atoms with van der Waals surface area (Å²) in [5.74, 6) is -1.38. The molecule has 0 aliphatic rings. The minimum absolute atomic E-state index is 0. The lowest BCUT2D eigenvalue weighted by atomic mass is 10.4. The molecule has 18 nitrogen and oxygen atoms in total. The highest BCUT2D eigenvalue weighted by molar-refractivity contribution is 5.72. The summed E-state index contributed by atoms with van der Waals surface area (Å²) in [5.41, 5.74) is 1.31. The molecule has 0 aliphatic carbocycles. The number of carbonyl (C=O) groups excluding carboxylic acids is 1. The maximum absolute atomic E-state index is 13.8. The fraction of sp³-hybridized carbons (Fsp3) is 0.405. The molecular weight excluding hydrogens is 752 g/mol. The van der Waals surface area contributed by atoms with Gasteiger partial charge >= 0.3 is 0 Å². The van der Waals surface area contributed by atoms with E-state index in [1.54, 1.807) is 26.2 Å². The second kappa shape index (κ2) is 21.1. The molecule has 306 valence electrons. The van der Waals surface area contributed by atoms with E-state index >= 15 is 0 Å². The summed E-state index contributed by atoms with van der Waals surface area (Å²) in [6.07, 6.45) is 3.79. The van der Waals surface area contributed by atoms with E-state index in [1.807, 2.05) is 27.7 Å². The van der Waals surface area contributed by atoms with Crippen LogP contribution in [-0.4, -0.2) is 95.1 Å². The maximum Gasteiger partial charge on any atom is 0.270 e. The SMILES string of the molecule is C.CCOC(C)COc1ccc2ncc(=O)n(C)c2n1.CCOC(C)COc1nc2c(cc1F)ncc(=O)n2C.Cn1c(=O)cnc2cc(F)c(OCC=O)nc21. The number of hydrogen-bond donors (Lipinski definition) is 0. The summed E-state index contributed by atoms with van der Waals surface area (Å²) < 4.78 is 57.5. The molecule has 0 saturated heterocycles. The third-order valence-electron chi connectivity index (χ3n) is 7.64. The quantitative estimate of drug-likeness (QED) is 0.154. The van der Waals surface area contributed by atoms with Crippen molar-refractivity contribution < 1.29 is 37.3 Å². The molecule has 6 rings (SSSR count). The van der Waals surface area contributed by atoms with Crippen LogP contribution in [-0.2, 0) is 35.4 Å².